The molecule has 0 heterocycles. The summed E-state index contributed by atoms with van der Waals surface area (Å²) in [5.74, 6) is 0. The van der Waals surface area contributed by atoms with Gasteiger partial charge in [0.05, 0.1) is 5.56 Å². The number of nitrogens with one attached hydrogen (secondary N) is 2. The number of amides is 2. The molecule has 1 spiro atoms. The smallest absolute Gasteiger partial charge is 0.335 e. The van der Waals surface area contributed by atoms with Crippen LogP contribution in [0.1, 0.15) is 42.9 Å². The maximum Gasteiger partial charge on any atom is 0.416 e. The second kappa shape index (κ2) is 5.89. The van der Waals surface area contributed by atoms with Crippen LogP contribution in [0.2, 0.25) is 0 Å². The molecule has 0 saturated heterocycles. The highest BCUT2D eigenvalue weighted by atomic mass is 19.4. The molecule has 2 amide bonds. The number of rotatable bonds is 4. The number of hydrogen-bond donors (Lipinski definition) is 2. The molecule has 0 bridgehead atoms. The van der Waals surface area contributed by atoms with Gasteiger partial charge < -0.3 is 10.6 Å². The van der Waals surface area contributed by atoms with E-state index in [-0.39, 0.29) is 11.6 Å². The number of urea groups is 1. The van der Waals surface area contributed by atoms with Crippen LogP contribution in [-0.4, -0.2) is 18.5 Å². The summed E-state index contributed by atoms with van der Waals surface area (Å²) < 4.78 is 64.6. The topological polar surface area (TPSA) is 41.1 Å². The van der Waals surface area contributed by atoms with Gasteiger partial charge in [-0.15, -0.1) is 0 Å². The van der Waals surface area contributed by atoms with Gasteiger partial charge in [-0.05, 0) is 48.8 Å². The number of halogens is 5. The summed E-state index contributed by atoms with van der Waals surface area (Å²) in [7, 11) is 0. The molecule has 1 aromatic carbocycles. The second-order valence-electron chi connectivity index (χ2n) is 6.66. The van der Waals surface area contributed by atoms with Crippen molar-refractivity contribution >= 4 is 6.03 Å². The van der Waals surface area contributed by atoms with Crippen molar-refractivity contribution in [3.8, 4) is 0 Å². The minimum atomic E-state index is -4.63. The highest BCUT2D eigenvalue weighted by Gasteiger charge is 2.53. The van der Waals surface area contributed by atoms with Crippen LogP contribution in [-0.2, 0) is 6.18 Å². The van der Waals surface area contributed by atoms with Crippen LogP contribution in [0, 0.1) is 5.41 Å². The lowest BCUT2D eigenvalue weighted by atomic mass is 9.77. The molecule has 2 fully saturated rings. The largest absolute Gasteiger partial charge is 0.416 e. The highest BCUT2D eigenvalue weighted by molar-refractivity contribution is 5.75. The van der Waals surface area contributed by atoms with Gasteiger partial charge in [-0.3, -0.25) is 0 Å². The summed E-state index contributed by atoms with van der Waals surface area (Å²) in [6.07, 6.45) is -3.70. The maximum atomic E-state index is 13.2. The molecule has 2 aliphatic rings. The molecule has 0 aliphatic heterocycles. The van der Waals surface area contributed by atoms with Gasteiger partial charge in [0.15, 0.2) is 0 Å². The average Bonchev–Trinajstić information content (AvgIpc) is 3.24. The lowest BCUT2D eigenvalue weighted by Crippen LogP contribution is -2.50. The van der Waals surface area contributed by atoms with Gasteiger partial charge in [-0.1, -0.05) is 12.1 Å². The molecular formula is C16H17F5N2O. The fourth-order valence-corrected chi connectivity index (χ4v) is 3.24. The van der Waals surface area contributed by atoms with Gasteiger partial charge >= 0.3 is 12.2 Å². The molecule has 1 aromatic rings. The normalized spacial score (nSPS) is 20.6. The fraction of sp³-hybridized carbons (Fsp3) is 0.562. The van der Waals surface area contributed by atoms with Crippen molar-refractivity contribution in [3.63, 3.8) is 0 Å². The molecule has 3 rings (SSSR count). The summed E-state index contributed by atoms with van der Waals surface area (Å²) in [5, 5.41) is 4.70. The third-order valence-corrected chi connectivity index (χ3v) is 4.76. The monoisotopic (exact) mass is 348 g/mol. The molecular weight excluding hydrogens is 331 g/mol. The van der Waals surface area contributed by atoms with Crippen molar-refractivity contribution in [2.75, 3.05) is 0 Å². The van der Waals surface area contributed by atoms with E-state index in [1.807, 2.05) is 0 Å². The van der Waals surface area contributed by atoms with Crippen molar-refractivity contribution in [3.05, 3.63) is 35.4 Å². The van der Waals surface area contributed by atoms with Gasteiger partial charge in [0.2, 0.25) is 0 Å². The van der Waals surface area contributed by atoms with Crippen LogP contribution >= 0.6 is 0 Å². The number of benzene rings is 1. The third-order valence-electron chi connectivity index (χ3n) is 4.76. The zero-order chi connectivity index (χ0) is 17.5. The average molecular weight is 348 g/mol. The molecule has 8 heteroatoms. The van der Waals surface area contributed by atoms with Gasteiger partial charge in [-0.25, -0.2) is 13.6 Å². The van der Waals surface area contributed by atoms with Gasteiger partial charge in [0.1, 0.15) is 6.04 Å². The Kier molecular flexibility index (Phi) is 4.17. The fourth-order valence-electron chi connectivity index (χ4n) is 3.24. The maximum absolute atomic E-state index is 13.2. The lowest BCUT2D eigenvalue weighted by Gasteiger charge is -2.36. The first-order valence-electron chi connectivity index (χ1n) is 7.71. The van der Waals surface area contributed by atoms with E-state index in [2.05, 4.69) is 10.6 Å². The van der Waals surface area contributed by atoms with E-state index in [9.17, 15) is 26.7 Å². The Hall–Kier alpha value is -1.86. The van der Waals surface area contributed by atoms with Crippen LogP contribution in [0.3, 0.4) is 0 Å². The van der Waals surface area contributed by atoms with Gasteiger partial charge in [-0.2, -0.15) is 13.2 Å². The third kappa shape index (κ3) is 3.62. The van der Waals surface area contributed by atoms with Gasteiger partial charge in [0, 0.05) is 6.04 Å². The van der Waals surface area contributed by atoms with E-state index in [0.717, 1.165) is 43.9 Å². The molecule has 24 heavy (non-hydrogen) atoms. The van der Waals surface area contributed by atoms with Gasteiger partial charge in [0.25, 0.3) is 6.43 Å². The van der Waals surface area contributed by atoms with Crippen LogP contribution in [0.4, 0.5) is 26.7 Å². The number of carbonyl (C=O) groups excluding carboxylic acids is 1. The van der Waals surface area contributed by atoms with Crippen LogP contribution in [0.15, 0.2) is 24.3 Å². The first-order valence-corrected chi connectivity index (χ1v) is 7.71. The van der Waals surface area contributed by atoms with E-state index in [0.29, 0.717) is 11.5 Å². The van der Waals surface area contributed by atoms with E-state index in [1.165, 1.54) is 0 Å². The predicted molar refractivity (Wildman–Crippen MR) is 76.5 cm³/mol. The number of alkyl halides is 5. The Labute approximate surface area is 135 Å². The lowest BCUT2D eigenvalue weighted by molar-refractivity contribution is -0.137. The number of hydrogen-bond acceptors (Lipinski definition) is 1. The Balaban J connectivity index is 1.64. The Morgan fingerprint density at radius 2 is 1.88 bits per heavy atom. The first kappa shape index (κ1) is 17.0. The summed E-state index contributed by atoms with van der Waals surface area (Å²) in [5.41, 5.74) is -0.953. The molecule has 2 aliphatic carbocycles. The van der Waals surface area contributed by atoms with Crippen molar-refractivity contribution in [1.82, 2.24) is 10.6 Å². The zero-order valence-electron chi connectivity index (χ0n) is 12.7. The minimum Gasteiger partial charge on any atom is -0.335 e. The van der Waals surface area contributed by atoms with E-state index < -0.39 is 30.2 Å². The van der Waals surface area contributed by atoms with E-state index in [4.69, 9.17) is 0 Å². The summed E-state index contributed by atoms with van der Waals surface area (Å²) in [4.78, 5) is 11.9. The van der Waals surface area contributed by atoms with Crippen molar-refractivity contribution in [2.45, 2.75) is 50.4 Å². The summed E-state index contributed by atoms with van der Waals surface area (Å²) in [6.45, 7) is 0. The molecule has 2 N–H and O–H groups in total. The van der Waals surface area contributed by atoms with E-state index in [1.54, 1.807) is 0 Å². The molecule has 0 aromatic heterocycles. The molecule has 2 saturated carbocycles. The second-order valence-corrected chi connectivity index (χ2v) is 6.66. The van der Waals surface area contributed by atoms with Crippen molar-refractivity contribution < 1.29 is 26.7 Å². The van der Waals surface area contributed by atoms with Crippen molar-refractivity contribution in [1.29, 1.82) is 0 Å². The first-order chi connectivity index (χ1) is 11.2. The summed E-state index contributed by atoms with van der Waals surface area (Å²) >= 11 is 0. The molecule has 132 valence electrons. The standard InChI is InChI=1S/C16H17F5N2O/c17-13(18)12(9-2-1-3-10(6-9)16(19,20)21)23-14(24)22-11-7-15(8-11)4-5-15/h1-3,6,11-13H,4-5,7-8H2,(H2,22,23,24). The molecule has 1 unspecified atom stereocenters. The Bertz CT molecular complexity index is 619. The molecule has 3 nitrogen and oxygen atoms in total. The summed E-state index contributed by atoms with van der Waals surface area (Å²) in [6, 6.07) is 1.02. The van der Waals surface area contributed by atoms with Crippen LogP contribution < -0.4 is 10.6 Å². The van der Waals surface area contributed by atoms with E-state index >= 15 is 0 Å². The molecule has 0 radical (unpaired) electrons. The highest BCUT2D eigenvalue weighted by Crippen LogP contribution is 2.60. The number of carbonyl (C=O) groups is 1. The zero-order valence-corrected chi connectivity index (χ0v) is 12.7. The Morgan fingerprint density at radius 1 is 1.21 bits per heavy atom. The van der Waals surface area contributed by atoms with Crippen molar-refractivity contribution in [2.24, 2.45) is 5.41 Å². The minimum absolute atomic E-state index is 0.0488. The predicted octanol–water partition coefficient (Wildman–Crippen LogP) is 4.25. The SMILES string of the molecule is O=C(NC1CC2(CC2)C1)NC(c1cccc(C(F)(F)F)c1)C(F)F. The van der Waals surface area contributed by atoms with Crippen LogP contribution in [0.5, 0.6) is 0 Å². The van der Waals surface area contributed by atoms with Crippen LogP contribution in [0.25, 0.3) is 0 Å². The Morgan fingerprint density at radius 3 is 2.42 bits per heavy atom. The molecule has 1 atom stereocenters. The quantitative estimate of drug-likeness (QED) is 0.785.